The molecule has 0 unspecified atom stereocenters. The molecule has 2 aromatic rings. The van der Waals surface area contributed by atoms with Crippen LogP contribution >= 0.6 is 0 Å². The van der Waals surface area contributed by atoms with Crippen molar-refractivity contribution < 1.29 is 9.72 Å². The Kier molecular flexibility index (Phi) is 4.35. The van der Waals surface area contributed by atoms with E-state index < -0.39 is 10.8 Å². The molecule has 1 amide bonds. The number of nitrogens with one attached hydrogen (secondary N) is 1. The van der Waals surface area contributed by atoms with Crippen molar-refractivity contribution in [3.05, 3.63) is 69.5 Å². The summed E-state index contributed by atoms with van der Waals surface area (Å²) < 4.78 is 0. The van der Waals surface area contributed by atoms with E-state index in [1.165, 1.54) is 24.4 Å². The van der Waals surface area contributed by atoms with Crippen LogP contribution in [0, 0.1) is 17.0 Å². The third kappa shape index (κ3) is 3.69. The van der Waals surface area contributed by atoms with Gasteiger partial charge in [-0.3, -0.25) is 19.9 Å². The van der Waals surface area contributed by atoms with Gasteiger partial charge in [0.15, 0.2) is 0 Å². The van der Waals surface area contributed by atoms with Gasteiger partial charge >= 0.3 is 0 Å². The van der Waals surface area contributed by atoms with E-state index in [1.807, 2.05) is 0 Å². The molecule has 0 bridgehead atoms. The standard InChI is InChI=1S/C14H12N4O3/c1-10-8-11(5-6-13(10)18(20)21)14(19)17-16-9-12-4-2-3-7-15-12/h2-9H,1H3,(H,17,19)/b16-9+. The van der Waals surface area contributed by atoms with Crippen LogP contribution in [0.25, 0.3) is 0 Å². The Bertz CT molecular complexity index is 699. The molecule has 0 aliphatic heterocycles. The average molecular weight is 284 g/mol. The Labute approximate surface area is 120 Å². The van der Waals surface area contributed by atoms with E-state index in [0.717, 1.165) is 0 Å². The number of carbonyl (C=O) groups excluding carboxylic acids is 1. The zero-order valence-electron chi connectivity index (χ0n) is 11.2. The summed E-state index contributed by atoms with van der Waals surface area (Å²) in [6.07, 6.45) is 3.03. The highest BCUT2D eigenvalue weighted by molar-refractivity contribution is 5.95. The summed E-state index contributed by atoms with van der Waals surface area (Å²) in [5.41, 5.74) is 3.65. The summed E-state index contributed by atoms with van der Waals surface area (Å²) in [5.74, 6) is -0.444. The third-order valence-corrected chi connectivity index (χ3v) is 2.71. The lowest BCUT2D eigenvalue weighted by molar-refractivity contribution is -0.385. The molecular weight excluding hydrogens is 272 g/mol. The largest absolute Gasteiger partial charge is 0.272 e. The van der Waals surface area contributed by atoms with Gasteiger partial charge in [-0.1, -0.05) is 6.07 Å². The maximum Gasteiger partial charge on any atom is 0.272 e. The Balaban J connectivity index is 2.06. The van der Waals surface area contributed by atoms with Crippen molar-refractivity contribution >= 4 is 17.8 Å². The number of aromatic nitrogens is 1. The first kappa shape index (κ1) is 14.3. The molecule has 2 rings (SSSR count). The highest BCUT2D eigenvalue weighted by Crippen LogP contribution is 2.18. The smallest absolute Gasteiger partial charge is 0.267 e. The minimum Gasteiger partial charge on any atom is -0.267 e. The molecule has 106 valence electrons. The van der Waals surface area contributed by atoms with E-state index in [2.05, 4.69) is 15.5 Å². The van der Waals surface area contributed by atoms with E-state index in [4.69, 9.17) is 0 Å². The Morgan fingerprint density at radius 2 is 2.19 bits per heavy atom. The van der Waals surface area contributed by atoms with Gasteiger partial charge in [-0.2, -0.15) is 5.10 Å². The topological polar surface area (TPSA) is 97.5 Å². The molecule has 1 aromatic heterocycles. The number of amides is 1. The highest BCUT2D eigenvalue weighted by Gasteiger charge is 2.13. The molecule has 1 heterocycles. The van der Waals surface area contributed by atoms with Gasteiger partial charge in [0.1, 0.15) is 0 Å². The minimum absolute atomic E-state index is 0.0245. The number of hydrazone groups is 1. The fourth-order valence-electron chi connectivity index (χ4n) is 1.68. The number of nitro groups is 1. The molecule has 21 heavy (non-hydrogen) atoms. The van der Waals surface area contributed by atoms with Crippen LogP contribution in [0.3, 0.4) is 0 Å². The van der Waals surface area contributed by atoms with Crippen LogP contribution in [0.1, 0.15) is 21.6 Å². The van der Waals surface area contributed by atoms with Crippen molar-refractivity contribution in [2.45, 2.75) is 6.92 Å². The van der Waals surface area contributed by atoms with Crippen LogP contribution in [0.15, 0.2) is 47.7 Å². The predicted molar refractivity (Wildman–Crippen MR) is 77.1 cm³/mol. The zero-order valence-corrected chi connectivity index (χ0v) is 11.2. The molecule has 0 atom stereocenters. The molecule has 0 saturated heterocycles. The summed E-state index contributed by atoms with van der Waals surface area (Å²) in [6, 6.07) is 9.45. The van der Waals surface area contributed by atoms with Gasteiger partial charge in [0.2, 0.25) is 0 Å². The quantitative estimate of drug-likeness (QED) is 0.528. The molecule has 0 saturated carbocycles. The van der Waals surface area contributed by atoms with E-state index in [-0.39, 0.29) is 5.69 Å². The number of hydrogen-bond donors (Lipinski definition) is 1. The van der Waals surface area contributed by atoms with Gasteiger partial charge in [-0.05, 0) is 31.2 Å². The molecule has 0 fully saturated rings. The Hall–Kier alpha value is -3.09. The molecule has 1 aromatic carbocycles. The number of rotatable bonds is 4. The van der Waals surface area contributed by atoms with Crippen molar-refractivity contribution in [1.29, 1.82) is 0 Å². The van der Waals surface area contributed by atoms with Gasteiger partial charge in [-0.25, -0.2) is 5.43 Å². The molecule has 0 spiro atoms. The Morgan fingerprint density at radius 1 is 1.38 bits per heavy atom. The summed E-state index contributed by atoms with van der Waals surface area (Å²) in [4.78, 5) is 26.1. The summed E-state index contributed by atoms with van der Waals surface area (Å²) in [5, 5.41) is 14.5. The molecule has 0 radical (unpaired) electrons. The second-order valence-electron chi connectivity index (χ2n) is 4.21. The SMILES string of the molecule is Cc1cc(C(=O)N/N=C/c2ccccn2)ccc1[N+](=O)[O-]. The molecule has 0 aliphatic rings. The van der Waals surface area contributed by atoms with Crippen molar-refractivity contribution in [1.82, 2.24) is 10.4 Å². The fourth-order valence-corrected chi connectivity index (χ4v) is 1.68. The van der Waals surface area contributed by atoms with Crippen LogP contribution in [0.4, 0.5) is 5.69 Å². The predicted octanol–water partition coefficient (Wildman–Crippen LogP) is 2.06. The van der Waals surface area contributed by atoms with Crippen molar-refractivity contribution in [2.75, 3.05) is 0 Å². The number of nitrogens with zero attached hydrogens (tertiary/aromatic N) is 3. The number of aryl methyl sites for hydroxylation is 1. The third-order valence-electron chi connectivity index (χ3n) is 2.71. The van der Waals surface area contributed by atoms with Crippen molar-refractivity contribution in [3.8, 4) is 0 Å². The lowest BCUT2D eigenvalue weighted by Crippen LogP contribution is -2.17. The average Bonchev–Trinajstić information content (AvgIpc) is 2.47. The summed E-state index contributed by atoms with van der Waals surface area (Å²) >= 11 is 0. The number of carbonyl (C=O) groups is 1. The van der Waals surface area contributed by atoms with E-state index in [9.17, 15) is 14.9 Å². The van der Waals surface area contributed by atoms with Crippen LogP contribution in [0.2, 0.25) is 0 Å². The second kappa shape index (κ2) is 6.38. The van der Waals surface area contributed by atoms with E-state index in [1.54, 1.807) is 31.3 Å². The van der Waals surface area contributed by atoms with Crippen molar-refractivity contribution in [3.63, 3.8) is 0 Å². The fraction of sp³-hybridized carbons (Fsp3) is 0.0714. The number of benzene rings is 1. The maximum absolute atomic E-state index is 11.9. The molecule has 0 aliphatic carbocycles. The lowest BCUT2D eigenvalue weighted by atomic mass is 10.1. The van der Waals surface area contributed by atoms with Gasteiger partial charge < -0.3 is 0 Å². The first-order chi connectivity index (χ1) is 10.1. The van der Waals surface area contributed by atoms with E-state index in [0.29, 0.717) is 16.8 Å². The molecule has 1 N–H and O–H groups in total. The lowest BCUT2D eigenvalue weighted by Gasteiger charge is -2.02. The normalized spacial score (nSPS) is 10.5. The van der Waals surface area contributed by atoms with Crippen LogP contribution in [-0.2, 0) is 0 Å². The summed E-state index contributed by atoms with van der Waals surface area (Å²) in [6.45, 7) is 1.58. The minimum atomic E-state index is -0.490. The first-order valence-corrected chi connectivity index (χ1v) is 6.07. The van der Waals surface area contributed by atoms with Crippen LogP contribution in [0.5, 0.6) is 0 Å². The van der Waals surface area contributed by atoms with Gasteiger partial charge in [0.25, 0.3) is 11.6 Å². The first-order valence-electron chi connectivity index (χ1n) is 6.07. The van der Waals surface area contributed by atoms with Gasteiger partial charge in [0.05, 0.1) is 16.8 Å². The highest BCUT2D eigenvalue weighted by atomic mass is 16.6. The van der Waals surface area contributed by atoms with Crippen LogP contribution < -0.4 is 5.43 Å². The molecular formula is C14H12N4O3. The molecule has 7 heteroatoms. The Morgan fingerprint density at radius 3 is 2.81 bits per heavy atom. The number of pyridine rings is 1. The van der Waals surface area contributed by atoms with Gasteiger partial charge in [0, 0.05) is 23.4 Å². The molecule has 7 nitrogen and oxygen atoms in total. The van der Waals surface area contributed by atoms with Crippen molar-refractivity contribution in [2.24, 2.45) is 5.10 Å². The number of nitro benzene ring substituents is 1. The summed E-state index contributed by atoms with van der Waals surface area (Å²) in [7, 11) is 0. The van der Waals surface area contributed by atoms with E-state index >= 15 is 0 Å². The zero-order chi connectivity index (χ0) is 15.2. The van der Waals surface area contributed by atoms with Gasteiger partial charge in [-0.15, -0.1) is 0 Å². The number of hydrogen-bond acceptors (Lipinski definition) is 5. The maximum atomic E-state index is 11.9. The second-order valence-corrected chi connectivity index (χ2v) is 4.21. The monoisotopic (exact) mass is 284 g/mol. The van der Waals surface area contributed by atoms with Crippen LogP contribution in [-0.4, -0.2) is 22.0 Å².